The Morgan fingerprint density at radius 3 is 2.35 bits per heavy atom. The van der Waals surface area contributed by atoms with Crippen LogP contribution in [0.15, 0.2) is 18.2 Å². The molecule has 0 heterocycles. The summed E-state index contributed by atoms with van der Waals surface area (Å²) >= 11 is 0. The third kappa shape index (κ3) is 3.87. The molecule has 0 bridgehead atoms. The number of alkyl halides is 3. The van der Waals surface area contributed by atoms with Crippen molar-refractivity contribution in [2.45, 2.75) is 38.8 Å². The van der Waals surface area contributed by atoms with E-state index in [0.29, 0.717) is 18.5 Å². The molecule has 1 aliphatic rings. The molecule has 1 aromatic carbocycles. The van der Waals surface area contributed by atoms with Crippen LogP contribution in [0.25, 0.3) is 0 Å². The van der Waals surface area contributed by atoms with E-state index >= 15 is 0 Å². The van der Waals surface area contributed by atoms with E-state index in [9.17, 15) is 17.6 Å². The van der Waals surface area contributed by atoms with Gasteiger partial charge in [0.2, 0.25) is 0 Å². The smallest absolute Gasteiger partial charge is 0.382 e. The fourth-order valence-corrected chi connectivity index (χ4v) is 2.62. The van der Waals surface area contributed by atoms with Gasteiger partial charge in [-0.3, -0.25) is 0 Å². The average molecular weight is 289 g/mol. The molecule has 0 aliphatic heterocycles. The van der Waals surface area contributed by atoms with Gasteiger partial charge in [-0.25, -0.2) is 4.39 Å². The monoisotopic (exact) mass is 289 g/mol. The van der Waals surface area contributed by atoms with Crippen molar-refractivity contribution >= 4 is 5.69 Å². The zero-order valence-corrected chi connectivity index (χ0v) is 11.4. The van der Waals surface area contributed by atoms with Crippen molar-refractivity contribution in [2.24, 2.45) is 11.8 Å². The third-order valence-corrected chi connectivity index (χ3v) is 4.01. The molecule has 0 radical (unpaired) electrons. The van der Waals surface area contributed by atoms with Crippen LogP contribution in [0.4, 0.5) is 23.2 Å². The van der Waals surface area contributed by atoms with E-state index in [-0.39, 0.29) is 5.69 Å². The fourth-order valence-electron chi connectivity index (χ4n) is 2.62. The van der Waals surface area contributed by atoms with E-state index in [0.717, 1.165) is 24.8 Å². The molecule has 0 atom stereocenters. The van der Waals surface area contributed by atoms with Crippen LogP contribution in [0, 0.1) is 17.7 Å². The molecule has 5 heteroatoms. The fraction of sp³-hybridized carbons (Fsp3) is 0.600. The first kappa shape index (κ1) is 15.1. The SMILES string of the molecule is CC1CCC(CNc2ccc(C(F)(F)F)cc2F)CC1. The zero-order chi connectivity index (χ0) is 14.8. The lowest BCUT2D eigenvalue weighted by Gasteiger charge is -2.26. The van der Waals surface area contributed by atoms with Gasteiger partial charge in [-0.2, -0.15) is 13.2 Å². The highest BCUT2D eigenvalue weighted by molar-refractivity contribution is 5.46. The van der Waals surface area contributed by atoms with Gasteiger partial charge in [-0.15, -0.1) is 0 Å². The van der Waals surface area contributed by atoms with Gasteiger partial charge < -0.3 is 5.32 Å². The van der Waals surface area contributed by atoms with Crippen LogP contribution in [-0.4, -0.2) is 6.54 Å². The summed E-state index contributed by atoms with van der Waals surface area (Å²) in [7, 11) is 0. The summed E-state index contributed by atoms with van der Waals surface area (Å²) in [5.41, 5.74) is -0.802. The lowest BCUT2D eigenvalue weighted by Crippen LogP contribution is -2.20. The van der Waals surface area contributed by atoms with Crippen molar-refractivity contribution in [3.05, 3.63) is 29.6 Å². The van der Waals surface area contributed by atoms with Crippen molar-refractivity contribution in [1.29, 1.82) is 0 Å². The first-order valence-electron chi connectivity index (χ1n) is 6.97. The molecule has 0 saturated heterocycles. The Bertz CT molecular complexity index is 448. The number of hydrogen-bond donors (Lipinski definition) is 1. The second-order valence-corrected chi connectivity index (χ2v) is 5.70. The van der Waals surface area contributed by atoms with Gasteiger partial charge in [0.05, 0.1) is 11.3 Å². The van der Waals surface area contributed by atoms with Gasteiger partial charge in [0.1, 0.15) is 5.82 Å². The van der Waals surface area contributed by atoms with E-state index in [2.05, 4.69) is 12.2 Å². The molecule has 1 aromatic rings. The van der Waals surface area contributed by atoms with Crippen molar-refractivity contribution in [3.8, 4) is 0 Å². The average Bonchev–Trinajstić information content (AvgIpc) is 2.38. The van der Waals surface area contributed by atoms with Gasteiger partial charge in [0.25, 0.3) is 0 Å². The van der Waals surface area contributed by atoms with Crippen molar-refractivity contribution in [3.63, 3.8) is 0 Å². The summed E-state index contributed by atoms with van der Waals surface area (Å²) in [6, 6.07) is 2.63. The maximum atomic E-state index is 13.6. The molecule has 1 saturated carbocycles. The molecule has 0 spiro atoms. The van der Waals surface area contributed by atoms with Crippen LogP contribution in [0.3, 0.4) is 0 Å². The third-order valence-electron chi connectivity index (χ3n) is 4.01. The maximum Gasteiger partial charge on any atom is 0.416 e. The number of benzene rings is 1. The molecule has 0 aromatic heterocycles. The highest BCUT2D eigenvalue weighted by Crippen LogP contribution is 2.32. The summed E-state index contributed by atoms with van der Waals surface area (Å²) in [4.78, 5) is 0. The number of hydrogen-bond acceptors (Lipinski definition) is 1. The predicted octanol–water partition coefficient (Wildman–Crippen LogP) is 5.08. The van der Waals surface area contributed by atoms with Crippen LogP contribution in [0.2, 0.25) is 0 Å². The quantitative estimate of drug-likeness (QED) is 0.765. The minimum absolute atomic E-state index is 0.150. The van der Waals surface area contributed by atoms with E-state index in [1.807, 2.05) is 0 Å². The molecular weight excluding hydrogens is 270 g/mol. The highest BCUT2D eigenvalue weighted by atomic mass is 19.4. The van der Waals surface area contributed by atoms with E-state index in [1.54, 1.807) is 0 Å². The first-order chi connectivity index (χ1) is 9.36. The summed E-state index contributed by atoms with van der Waals surface area (Å²) in [5, 5.41) is 2.93. The lowest BCUT2D eigenvalue weighted by atomic mass is 9.83. The second kappa shape index (κ2) is 6.02. The van der Waals surface area contributed by atoms with E-state index in [1.165, 1.54) is 18.9 Å². The molecule has 1 nitrogen and oxygen atoms in total. The van der Waals surface area contributed by atoms with Crippen molar-refractivity contribution in [1.82, 2.24) is 0 Å². The molecule has 1 aliphatic carbocycles. The van der Waals surface area contributed by atoms with Gasteiger partial charge in [0.15, 0.2) is 0 Å². The molecule has 20 heavy (non-hydrogen) atoms. The molecule has 1 N–H and O–H groups in total. The molecular formula is C15H19F4N. The Labute approximate surface area is 116 Å². The van der Waals surface area contributed by atoms with E-state index < -0.39 is 17.6 Å². The minimum atomic E-state index is -4.50. The second-order valence-electron chi connectivity index (χ2n) is 5.70. The van der Waals surface area contributed by atoms with Crippen LogP contribution < -0.4 is 5.32 Å². The van der Waals surface area contributed by atoms with Crippen molar-refractivity contribution in [2.75, 3.05) is 11.9 Å². The summed E-state index contributed by atoms with van der Waals surface area (Å²) in [6.07, 6.45) is 0.0232. The molecule has 1 fully saturated rings. The molecule has 2 rings (SSSR count). The summed E-state index contributed by atoms with van der Waals surface area (Å²) in [5.74, 6) is 0.381. The van der Waals surface area contributed by atoms with Crippen LogP contribution in [-0.2, 0) is 6.18 Å². The zero-order valence-electron chi connectivity index (χ0n) is 11.4. The Hall–Kier alpha value is -1.26. The van der Waals surface area contributed by atoms with Crippen molar-refractivity contribution < 1.29 is 17.6 Å². The number of rotatable bonds is 3. The van der Waals surface area contributed by atoms with Gasteiger partial charge in [-0.05, 0) is 42.9 Å². The summed E-state index contributed by atoms with van der Waals surface area (Å²) in [6.45, 7) is 2.84. The van der Waals surface area contributed by atoms with E-state index in [4.69, 9.17) is 0 Å². The Kier molecular flexibility index (Phi) is 4.55. The largest absolute Gasteiger partial charge is 0.416 e. The molecule has 0 amide bonds. The molecule has 0 unspecified atom stereocenters. The van der Waals surface area contributed by atoms with Crippen LogP contribution in [0.5, 0.6) is 0 Å². The van der Waals surface area contributed by atoms with Gasteiger partial charge in [0, 0.05) is 6.54 Å². The minimum Gasteiger partial charge on any atom is -0.382 e. The molecule has 112 valence electrons. The van der Waals surface area contributed by atoms with Crippen LogP contribution >= 0.6 is 0 Å². The Balaban J connectivity index is 1.93. The number of nitrogens with one attached hydrogen (secondary N) is 1. The van der Waals surface area contributed by atoms with Gasteiger partial charge >= 0.3 is 6.18 Å². The lowest BCUT2D eigenvalue weighted by molar-refractivity contribution is -0.137. The van der Waals surface area contributed by atoms with Crippen LogP contribution in [0.1, 0.15) is 38.2 Å². The normalized spacial score (nSPS) is 23.6. The Morgan fingerprint density at radius 1 is 1.15 bits per heavy atom. The number of anilines is 1. The van der Waals surface area contributed by atoms with Gasteiger partial charge in [-0.1, -0.05) is 19.8 Å². The first-order valence-corrected chi connectivity index (χ1v) is 6.97. The standard InChI is InChI=1S/C15H19F4N/c1-10-2-4-11(5-3-10)9-20-14-7-6-12(8-13(14)16)15(17,18)19/h6-8,10-11,20H,2-5,9H2,1H3. The highest BCUT2D eigenvalue weighted by Gasteiger charge is 2.31. The Morgan fingerprint density at radius 2 is 1.80 bits per heavy atom. The topological polar surface area (TPSA) is 12.0 Å². The summed E-state index contributed by atoms with van der Waals surface area (Å²) < 4.78 is 50.9. The predicted molar refractivity (Wildman–Crippen MR) is 71.0 cm³/mol. The number of halogens is 4. The maximum absolute atomic E-state index is 13.6.